The van der Waals surface area contributed by atoms with E-state index < -0.39 is 16.8 Å². The molecule has 0 amide bonds. The second-order valence-corrected chi connectivity index (χ2v) is 25.0. The Labute approximate surface area is 456 Å². The van der Waals surface area contributed by atoms with Gasteiger partial charge in [-0.25, -0.2) is 13.2 Å². The van der Waals surface area contributed by atoms with Crippen molar-refractivity contribution in [2.45, 2.75) is 127 Å². The summed E-state index contributed by atoms with van der Waals surface area (Å²) in [5, 5.41) is 34.2. The van der Waals surface area contributed by atoms with Crippen molar-refractivity contribution in [1.82, 2.24) is 14.7 Å². The zero-order valence-corrected chi connectivity index (χ0v) is 47.7. The third kappa shape index (κ3) is 16.7. The lowest BCUT2D eigenvalue weighted by Crippen LogP contribution is -2.46. The van der Waals surface area contributed by atoms with E-state index >= 15 is 0 Å². The molecule has 9 heteroatoms. The Morgan fingerprint density at radius 1 is 0.513 bits per heavy atom. The Morgan fingerprint density at radius 2 is 0.882 bits per heavy atom. The molecule has 9 atom stereocenters. The number of hydrogen-bond donors (Lipinski definition) is 3. The van der Waals surface area contributed by atoms with Crippen molar-refractivity contribution in [3.05, 3.63) is 190 Å². The van der Waals surface area contributed by atoms with Crippen LogP contribution in [0.15, 0.2) is 134 Å². The molecule has 0 saturated heterocycles. The minimum Gasteiger partial charge on any atom is -0.385 e. The number of hydrogen-bond acceptors (Lipinski definition) is 6. The Bertz CT molecular complexity index is 2540. The highest BCUT2D eigenvalue weighted by molar-refractivity contribution is 5.34. The number of aliphatic hydroxyl groups is 3. The predicted molar refractivity (Wildman–Crippen MR) is 308 cm³/mol. The lowest BCUT2D eigenvalue weighted by atomic mass is 9.66. The highest BCUT2D eigenvalue weighted by Gasteiger charge is 2.45. The van der Waals surface area contributed by atoms with Crippen molar-refractivity contribution < 1.29 is 28.5 Å². The van der Waals surface area contributed by atoms with Crippen LogP contribution >= 0.6 is 0 Å². The van der Waals surface area contributed by atoms with Crippen molar-refractivity contribution in [2.24, 2.45) is 35.5 Å². The van der Waals surface area contributed by atoms with Crippen molar-refractivity contribution in [3.63, 3.8) is 0 Å². The van der Waals surface area contributed by atoms with Gasteiger partial charge in [0.15, 0.2) is 0 Å². The normalized spacial score (nSPS) is 26.8. The van der Waals surface area contributed by atoms with E-state index in [1.54, 1.807) is 30.3 Å². The molecule has 414 valence electrons. The quantitative estimate of drug-likeness (QED) is 0.0908. The molecule has 9 unspecified atom stereocenters. The maximum absolute atomic E-state index is 13.2. The van der Waals surface area contributed by atoms with Crippen LogP contribution in [0.25, 0.3) is 0 Å². The highest BCUT2D eigenvalue weighted by Crippen LogP contribution is 2.47. The standard InChI is InChI=1S/C26H36FNO.C23H30FNO.C18H26FNO/c1-25(2,3)21-8-10-22(11-9-21)26(29)15-14-20(17-23(26)18-28(4)5)16-19-6-12-24(27)13-7-19;1-17-6-4-5-7-22(17)23(26)13-12-19(15-20(23)16-25(2)3)14-18-8-10-21(24)11-9-18;1-4-18(21)10-9-15(12-16(18)13-20(2)3)11-14-5-7-17(19)8-6-14/h6-13,20,23,29H,14-18H2,1-5H3;4-11,19-20,26H,12-16H2,1-3H3;4-8,15-16,21H,1,9-13H2,2-3H3. The molecule has 76 heavy (non-hydrogen) atoms. The Balaban J connectivity index is 0.000000187. The van der Waals surface area contributed by atoms with Gasteiger partial charge in [-0.15, -0.1) is 6.58 Å². The van der Waals surface area contributed by atoms with Crippen LogP contribution in [0, 0.1) is 59.9 Å². The van der Waals surface area contributed by atoms with E-state index in [9.17, 15) is 28.5 Å². The summed E-state index contributed by atoms with van der Waals surface area (Å²) in [6.45, 7) is 15.1. The first kappa shape index (κ1) is 60.6. The first-order valence-corrected chi connectivity index (χ1v) is 28.0. The lowest BCUT2D eigenvalue weighted by Gasteiger charge is -2.45. The summed E-state index contributed by atoms with van der Waals surface area (Å²) in [4.78, 5) is 6.48. The summed E-state index contributed by atoms with van der Waals surface area (Å²) in [5.41, 5.74) is 5.91. The SMILES string of the molecule is C=CC1(O)CCC(Cc2ccc(F)cc2)CC1CN(C)C.CN(C)CC1CC(Cc2ccc(F)cc2)CCC1(O)c1ccc(C(C)(C)C)cc1.Cc1ccccc1C1(O)CCC(Cc2ccc(F)cc2)CC1CN(C)C. The molecule has 0 aliphatic heterocycles. The lowest BCUT2D eigenvalue weighted by molar-refractivity contribution is -0.0756. The molecule has 0 heterocycles. The second kappa shape index (κ2) is 26.8. The summed E-state index contributed by atoms with van der Waals surface area (Å²) >= 11 is 0. The van der Waals surface area contributed by atoms with Gasteiger partial charge >= 0.3 is 0 Å². The molecule has 3 aliphatic rings. The molecule has 0 aromatic heterocycles. The maximum Gasteiger partial charge on any atom is 0.123 e. The van der Waals surface area contributed by atoms with Gasteiger partial charge in [-0.3, -0.25) is 0 Å². The third-order valence-corrected chi connectivity index (χ3v) is 17.0. The molecule has 0 spiro atoms. The summed E-state index contributed by atoms with van der Waals surface area (Å²) in [6, 6.07) is 37.3. The largest absolute Gasteiger partial charge is 0.385 e. The van der Waals surface area contributed by atoms with Gasteiger partial charge in [0.25, 0.3) is 0 Å². The summed E-state index contributed by atoms with van der Waals surface area (Å²) in [5.74, 6) is 1.61. The van der Waals surface area contributed by atoms with Crippen molar-refractivity contribution in [2.75, 3.05) is 61.9 Å². The molecular weight excluding hydrogens is 952 g/mol. The zero-order chi connectivity index (χ0) is 55.4. The van der Waals surface area contributed by atoms with Gasteiger partial charge in [-0.05, 0) is 225 Å². The van der Waals surface area contributed by atoms with Gasteiger partial charge in [0, 0.05) is 37.4 Å². The number of benzene rings is 5. The Morgan fingerprint density at radius 3 is 1.28 bits per heavy atom. The molecule has 3 N–H and O–H groups in total. The summed E-state index contributed by atoms with van der Waals surface area (Å²) in [6.07, 6.45) is 12.8. The molecular formula is C67H92F3N3O3. The molecule has 8 rings (SSSR count). The molecule has 3 fully saturated rings. The zero-order valence-electron chi connectivity index (χ0n) is 47.7. The predicted octanol–water partition coefficient (Wildman–Crippen LogP) is 13.3. The average Bonchev–Trinajstić information content (AvgIpc) is 3.37. The van der Waals surface area contributed by atoms with Gasteiger partial charge in [-0.2, -0.15) is 0 Å². The second-order valence-electron chi connectivity index (χ2n) is 25.0. The van der Waals surface area contributed by atoms with Crippen molar-refractivity contribution in [1.29, 1.82) is 0 Å². The molecule has 5 aromatic carbocycles. The van der Waals surface area contributed by atoms with E-state index in [4.69, 9.17) is 0 Å². The van der Waals surface area contributed by atoms with Gasteiger partial charge < -0.3 is 30.0 Å². The first-order chi connectivity index (χ1) is 35.9. The van der Waals surface area contributed by atoms with Crippen molar-refractivity contribution >= 4 is 0 Å². The van der Waals surface area contributed by atoms with Crippen LogP contribution in [0.2, 0.25) is 0 Å². The average molecular weight is 1040 g/mol. The van der Waals surface area contributed by atoms with Crippen LogP contribution in [-0.2, 0) is 35.9 Å². The van der Waals surface area contributed by atoms with Gasteiger partial charge in [0.2, 0.25) is 0 Å². The first-order valence-electron chi connectivity index (χ1n) is 28.0. The van der Waals surface area contributed by atoms with Crippen LogP contribution < -0.4 is 0 Å². The van der Waals surface area contributed by atoms with E-state index in [2.05, 4.69) is 114 Å². The number of halogens is 3. The van der Waals surface area contributed by atoms with Gasteiger partial charge in [0.1, 0.15) is 17.5 Å². The minimum atomic E-state index is -0.792. The fourth-order valence-corrected chi connectivity index (χ4v) is 12.8. The monoisotopic (exact) mass is 1040 g/mol. The topological polar surface area (TPSA) is 70.4 Å². The van der Waals surface area contributed by atoms with Crippen molar-refractivity contribution in [3.8, 4) is 0 Å². The van der Waals surface area contributed by atoms with Crippen LogP contribution in [0.4, 0.5) is 13.2 Å². The fraction of sp³-hybridized carbons (Fsp3) is 0.522. The van der Waals surface area contributed by atoms with E-state index in [1.165, 1.54) is 34.4 Å². The summed E-state index contributed by atoms with van der Waals surface area (Å²) in [7, 11) is 12.4. The minimum absolute atomic E-state index is 0.108. The van der Waals surface area contributed by atoms with E-state index in [0.29, 0.717) is 17.8 Å². The van der Waals surface area contributed by atoms with E-state index in [1.807, 2.05) is 62.6 Å². The van der Waals surface area contributed by atoms with Gasteiger partial charge in [-0.1, -0.05) is 112 Å². The van der Waals surface area contributed by atoms with Crippen LogP contribution in [0.3, 0.4) is 0 Å². The molecule has 5 aromatic rings. The molecule has 0 bridgehead atoms. The summed E-state index contributed by atoms with van der Waals surface area (Å²) < 4.78 is 39.4. The smallest absolute Gasteiger partial charge is 0.123 e. The highest BCUT2D eigenvalue weighted by atomic mass is 19.1. The maximum atomic E-state index is 13.2. The molecule has 0 radical (unpaired) electrons. The van der Waals surface area contributed by atoms with Crippen LogP contribution in [0.1, 0.15) is 118 Å². The number of rotatable bonds is 15. The fourth-order valence-electron chi connectivity index (χ4n) is 12.8. The van der Waals surface area contributed by atoms with Crippen LogP contribution in [-0.4, -0.2) is 97.5 Å². The molecule has 3 saturated carbocycles. The Kier molecular flexibility index (Phi) is 21.4. The van der Waals surface area contributed by atoms with E-state index in [0.717, 1.165) is 113 Å². The number of nitrogens with zero attached hydrogens (tertiary/aromatic N) is 3. The number of aryl methyl sites for hydroxylation is 1. The van der Waals surface area contributed by atoms with Gasteiger partial charge in [0.05, 0.1) is 16.8 Å². The Hall–Kier alpha value is -4.61. The molecule has 3 aliphatic carbocycles. The van der Waals surface area contributed by atoms with Crippen LogP contribution in [0.5, 0.6) is 0 Å². The molecule has 6 nitrogen and oxygen atoms in total. The van der Waals surface area contributed by atoms with E-state index in [-0.39, 0.29) is 40.6 Å². The third-order valence-electron chi connectivity index (χ3n) is 17.0.